The van der Waals surface area contributed by atoms with Gasteiger partial charge in [0.05, 0.1) is 23.8 Å². The van der Waals surface area contributed by atoms with Gasteiger partial charge in [0.25, 0.3) is 0 Å². The number of anilines is 6. The first kappa shape index (κ1) is 36.9. The van der Waals surface area contributed by atoms with Crippen LogP contribution in [-0.4, -0.2) is 9.97 Å². The maximum Gasteiger partial charge on any atom is 0.0644 e. The Bertz CT molecular complexity index is 2720. The van der Waals surface area contributed by atoms with E-state index in [4.69, 9.17) is 0 Å². The van der Waals surface area contributed by atoms with Crippen molar-refractivity contribution in [2.24, 2.45) is 0 Å². The van der Waals surface area contributed by atoms with Crippen LogP contribution in [0.5, 0.6) is 0 Å². The van der Waals surface area contributed by atoms with Gasteiger partial charge in [0.2, 0.25) is 0 Å². The van der Waals surface area contributed by atoms with E-state index in [-0.39, 0.29) is 0 Å². The molecule has 0 N–H and O–H groups in total. The van der Waals surface area contributed by atoms with E-state index in [2.05, 4.69) is 214 Å². The highest BCUT2D eigenvalue weighted by Crippen LogP contribution is 2.41. The first-order chi connectivity index (χ1) is 29.7. The summed E-state index contributed by atoms with van der Waals surface area (Å²) in [6, 6.07) is 73.3. The first-order valence-electron chi connectivity index (χ1n) is 19.9. The average molecular weight is 807 g/mol. The molecule has 0 bridgehead atoms. The third-order valence-corrected chi connectivity index (χ3v) is 12.9. The Labute approximate surface area is 358 Å². The van der Waals surface area contributed by atoms with E-state index in [9.17, 15) is 0 Å². The summed E-state index contributed by atoms with van der Waals surface area (Å²) < 4.78 is 0. The molecule has 0 spiro atoms. The van der Waals surface area contributed by atoms with Crippen LogP contribution in [0.15, 0.2) is 231 Å². The maximum absolute atomic E-state index is 4.47. The van der Waals surface area contributed by atoms with Gasteiger partial charge in [-0.25, -0.2) is 0 Å². The molecule has 0 saturated heterocycles. The van der Waals surface area contributed by atoms with Gasteiger partial charge in [-0.15, -0.1) is 22.7 Å². The zero-order valence-corrected chi connectivity index (χ0v) is 34.2. The lowest BCUT2D eigenvalue weighted by Gasteiger charge is -2.26. The van der Waals surface area contributed by atoms with Crippen LogP contribution >= 0.6 is 22.7 Å². The van der Waals surface area contributed by atoms with Crippen LogP contribution in [-0.2, 0) is 0 Å². The fraction of sp³-hybridized carbons (Fsp3) is 0. The molecule has 0 atom stereocenters. The van der Waals surface area contributed by atoms with Crippen molar-refractivity contribution >= 4 is 56.8 Å². The highest BCUT2D eigenvalue weighted by atomic mass is 32.1. The Kier molecular flexibility index (Phi) is 10.4. The summed E-state index contributed by atoms with van der Waals surface area (Å²) in [6.07, 6.45) is 7.46. The molecule has 0 aliphatic heterocycles. The second-order valence-corrected chi connectivity index (χ2v) is 16.5. The maximum atomic E-state index is 4.47. The van der Waals surface area contributed by atoms with Crippen LogP contribution in [0.3, 0.4) is 0 Å². The molecule has 4 nitrogen and oxygen atoms in total. The number of aromatic nitrogens is 2. The van der Waals surface area contributed by atoms with Gasteiger partial charge in [-0.3, -0.25) is 9.97 Å². The van der Waals surface area contributed by atoms with Gasteiger partial charge in [-0.1, -0.05) is 109 Å². The monoisotopic (exact) mass is 806 g/mol. The largest absolute Gasteiger partial charge is 0.309 e. The highest BCUT2D eigenvalue weighted by Gasteiger charge is 2.16. The van der Waals surface area contributed by atoms with Gasteiger partial charge in [-0.2, -0.15) is 0 Å². The molecule has 10 aromatic rings. The van der Waals surface area contributed by atoms with E-state index in [1.165, 1.54) is 41.8 Å². The number of nitrogens with zero attached hydrogens (tertiary/aromatic N) is 4. The van der Waals surface area contributed by atoms with Crippen LogP contribution in [0.1, 0.15) is 0 Å². The summed E-state index contributed by atoms with van der Waals surface area (Å²) >= 11 is 3.63. The molecule has 0 aliphatic carbocycles. The van der Waals surface area contributed by atoms with Crippen molar-refractivity contribution in [3.8, 4) is 52.9 Å². The molecule has 0 amide bonds. The van der Waals surface area contributed by atoms with Gasteiger partial charge in [-0.05, 0) is 130 Å². The smallest absolute Gasteiger partial charge is 0.0644 e. The van der Waals surface area contributed by atoms with Gasteiger partial charge in [0.1, 0.15) is 0 Å². The predicted octanol–water partition coefficient (Wildman–Crippen LogP) is 15.9. The minimum Gasteiger partial charge on any atom is -0.309 e. The average Bonchev–Trinajstić information content (AvgIpc) is 4.04. The second-order valence-electron chi connectivity index (χ2n) is 14.3. The number of benzene rings is 6. The third kappa shape index (κ3) is 7.77. The third-order valence-electron chi connectivity index (χ3n) is 10.5. The summed E-state index contributed by atoms with van der Waals surface area (Å²) in [4.78, 5) is 18.5. The van der Waals surface area contributed by atoms with Crippen LogP contribution in [0, 0.1) is 0 Å². The summed E-state index contributed by atoms with van der Waals surface area (Å²) in [5, 5.41) is 0. The van der Waals surface area contributed by atoms with Crippen LogP contribution in [0.2, 0.25) is 0 Å². The number of rotatable bonds is 11. The number of hydrogen-bond donors (Lipinski definition) is 0. The molecule has 60 heavy (non-hydrogen) atoms. The molecule has 0 unspecified atom stereocenters. The van der Waals surface area contributed by atoms with Crippen LogP contribution < -0.4 is 9.80 Å². The van der Waals surface area contributed by atoms with Crippen molar-refractivity contribution in [1.29, 1.82) is 0 Å². The topological polar surface area (TPSA) is 32.3 Å². The Morgan fingerprint density at radius 2 is 0.550 bits per heavy atom. The molecule has 6 aromatic carbocycles. The SMILES string of the molecule is c1ccc(-c2ccc(-c3ccc(N(c4ccc(-c5ccc(N(c6ccc(-c7ccc(-c8ccccc8)s7)cc6)c6cccnc6)cc5)cc4)c4cccnc4)cc3)s2)cc1. The van der Waals surface area contributed by atoms with Crippen molar-refractivity contribution in [2.45, 2.75) is 0 Å². The van der Waals surface area contributed by atoms with Crippen molar-refractivity contribution in [3.05, 3.63) is 231 Å². The van der Waals surface area contributed by atoms with Crippen molar-refractivity contribution in [1.82, 2.24) is 9.97 Å². The van der Waals surface area contributed by atoms with E-state index in [0.29, 0.717) is 0 Å². The molecular weight excluding hydrogens is 769 g/mol. The Morgan fingerprint density at radius 3 is 0.850 bits per heavy atom. The lowest BCUT2D eigenvalue weighted by atomic mass is 10.0. The Morgan fingerprint density at radius 1 is 0.250 bits per heavy atom. The molecule has 4 heterocycles. The van der Waals surface area contributed by atoms with Crippen molar-refractivity contribution in [2.75, 3.05) is 9.80 Å². The van der Waals surface area contributed by atoms with E-state index in [0.717, 1.165) is 45.3 Å². The van der Waals surface area contributed by atoms with E-state index in [1.54, 1.807) is 0 Å². The quantitative estimate of drug-likeness (QED) is 0.130. The van der Waals surface area contributed by atoms with E-state index in [1.807, 2.05) is 59.6 Å². The molecule has 0 aliphatic rings. The van der Waals surface area contributed by atoms with E-state index >= 15 is 0 Å². The summed E-state index contributed by atoms with van der Waals surface area (Å²) in [7, 11) is 0. The van der Waals surface area contributed by atoms with Crippen molar-refractivity contribution in [3.63, 3.8) is 0 Å². The Balaban J connectivity index is 0.899. The fourth-order valence-corrected chi connectivity index (χ4v) is 9.56. The summed E-state index contributed by atoms with van der Waals surface area (Å²) in [5.41, 5.74) is 13.4. The van der Waals surface area contributed by atoms with Gasteiger partial charge >= 0.3 is 0 Å². The number of hydrogen-bond acceptors (Lipinski definition) is 6. The Hall–Kier alpha value is -7.38. The molecule has 10 rings (SSSR count). The molecule has 0 saturated carbocycles. The zero-order valence-electron chi connectivity index (χ0n) is 32.5. The minimum absolute atomic E-state index is 1.00. The molecule has 0 fully saturated rings. The highest BCUT2D eigenvalue weighted by molar-refractivity contribution is 7.19. The minimum atomic E-state index is 1.00. The lowest BCUT2D eigenvalue weighted by Crippen LogP contribution is -2.10. The van der Waals surface area contributed by atoms with Gasteiger partial charge in [0.15, 0.2) is 0 Å². The molecule has 4 aromatic heterocycles. The molecule has 0 radical (unpaired) electrons. The van der Waals surface area contributed by atoms with Crippen molar-refractivity contribution < 1.29 is 0 Å². The summed E-state index contributed by atoms with van der Waals surface area (Å²) in [5.74, 6) is 0. The van der Waals surface area contributed by atoms with Gasteiger partial charge < -0.3 is 9.80 Å². The second kappa shape index (κ2) is 16.8. The normalized spacial score (nSPS) is 11.0. The molecule has 6 heteroatoms. The molecular formula is C54H38N4S2. The number of pyridine rings is 2. The summed E-state index contributed by atoms with van der Waals surface area (Å²) in [6.45, 7) is 0. The standard InChI is InChI=1S/C54H38N4S2/c1-3-9-41(10-4-1)51-31-33-53(59-51)43-19-27-47(28-20-43)57(49-13-7-35-55-37-49)45-23-15-39(16-24-45)40-17-25-46(26-18-40)58(50-14-8-36-56-38-50)48-29-21-44(22-30-48)54-34-32-52(60-54)42-11-5-2-6-12-42/h1-38H. The van der Waals surface area contributed by atoms with Crippen LogP contribution in [0.4, 0.5) is 34.1 Å². The van der Waals surface area contributed by atoms with Gasteiger partial charge in [0, 0.05) is 54.7 Å². The number of thiophene rings is 2. The first-order valence-corrected chi connectivity index (χ1v) is 21.5. The van der Waals surface area contributed by atoms with Crippen LogP contribution in [0.25, 0.3) is 52.9 Å². The fourth-order valence-electron chi connectivity index (χ4n) is 7.52. The molecule has 286 valence electrons. The lowest BCUT2D eigenvalue weighted by molar-refractivity contribution is 1.23. The predicted molar refractivity (Wildman–Crippen MR) is 254 cm³/mol. The zero-order chi connectivity index (χ0) is 40.1. The van der Waals surface area contributed by atoms with E-state index < -0.39 is 0 Å².